The van der Waals surface area contributed by atoms with Crippen LogP contribution in [0.25, 0.3) is 0 Å². The lowest BCUT2D eigenvalue weighted by Gasteiger charge is -2.36. The van der Waals surface area contributed by atoms with E-state index in [1.807, 2.05) is 20.8 Å². The fourth-order valence-electron chi connectivity index (χ4n) is 2.05. The average molecular weight is 253 g/mol. The number of nitriles is 1. The Hall–Kier alpha value is -1.08. The fourth-order valence-corrected chi connectivity index (χ4v) is 2.05. The molecular weight excluding hydrogens is 230 g/mol. The van der Waals surface area contributed by atoms with Crippen molar-refractivity contribution in [1.82, 2.24) is 0 Å². The van der Waals surface area contributed by atoms with Gasteiger partial charge in [0.1, 0.15) is 5.60 Å². The van der Waals surface area contributed by atoms with Crippen molar-refractivity contribution in [2.24, 2.45) is 5.41 Å². The molecule has 4 nitrogen and oxygen atoms in total. The highest BCUT2D eigenvalue weighted by molar-refractivity contribution is 5.75. The third-order valence-corrected chi connectivity index (χ3v) is 3.15. The Morgan fingerprint density at radius 2 is 2.22 bits per heavy atom. The van der Waals surface area contributed by atoms with Gasteiger partial charge in [-0.05, 0) is 45.4 Å². The molecule has 1 heterocycles. The number of hydrogen-bond acceptors (Lipinski definition) is 4. The Balaban J connectivity index is 2.44. The molecule has 0 radical (unpaired) electrons. The van der Waals surface area contributed by atoms with E-state index in [-0.39, 0.29) is 11.4 Å². The van der Waals surface area contributed by atoms with E-state index in [0.717, 1.165) is 12.8 Å². The Bertz CT molecular complexity index is 330. The predicted molar refractivity (Wildman–Crippen MR) is 67.8 cm³/mol. The summed E-state index contributed by atoms with van der Waals surface area (Å²) in [6.07, 6.45) is 2.50. The van der Waals surface area contributed by atoms with E-state index in [1.54, 1.807) is 0 Å². The standard InChI is InChI=1S/C14H23NO3/c1-13(2,3)18-12(16)11-6-8-14(4,10-17-11)7-5-9-15/h11H,5-8,10H2,1-4H3/t11-,14-/m0/s1. The normalized spacial score (nSPS) is 28.5. The van der Waals surface area contributed by atoms with Crippen molar-refractivity contribution in [3.8, 4) is 6.07 Å². The van der Waals surface area contributed by atoms with E-state index in [0.29, 0.717) is 19.4 Å². The van der Waals surface area contributed by atoms with E-state index in [2.05, 4.69) is 13.0 Å². The van der Waals surface area contributed by atoms with E-state index < -0.39 is 11.7 Å². The minimum Gasteiger partial charge on any atom is -0.458 e. The largest absolute Gasteiger partial charge is 0.458 e. The third-order valence-electron chi connectivity index (χ3n) is 3.15. The number of rotatable bonds is 3. The van der Waals surface area contributed by atoms with Crippen LogP contribution in [-0.2, 0) is 14.3 Å². The molecule has 0 bridgehead atoms. The summed E-state index contributed by atoms with van der Waals surface area (Å²) >= 11 is 0. The maximum absolute atomic E-state index is 11.8. The number of carbonyl (C=O) groups is 1. The zero-order valence-corrected chi connectivity index (χ0v) is 11.8. The van der Waals surface area contributed by atoms with Gasteiger partial charge in [0.2, 0.25) is 0 Å². The first-order valence-electron chi connectivity index (χ1n) is 6.47. The van der Waals surface area contributed by atoms with Crippen molar-refractivity contribution in [3.63, 3.8) is 0 Å². The predicted octanol–water partition coefficient (Wildman–Crippen LogP) is 2.82. The molecule has 4 heteroatoms. The molecule has 0 saturated carbocycles. The van der Waals surface area contributed by atoms with Gasteiger partial charge in [0, 0.05) is 6.42 Å². The Morgan fingerprint density at radius 1 is 1.56 bits per heavy atom. The lowest BCUT2D eigenvalue weighted by molar-refractivity contribution is -0.176. The lowest BCUT2D eigenvalue weighted by Crippen LogP contribution is -2.40. The zero-order chi connectivity index (χ0) is 13.8. The van der Waals surface area contributed by atoms with Crippen LogP contribution in [0.5, 0.6) is 0 Å². The van der Waals surface area contributed by atoms with Crippen LogP contribution in [0.2, 0.25) is 0 Å². The summed E-state index contributed by atoms with van der Waals surface area (Å²) in [7, 11) is 0. The highest BCUT2D eigenvalue weighted by atomic mass is 16.6. The molecule has 0 aromatic carbocycles. The second-order valence-corrected chi connectivity index (χ2v) is 6.34. The third kappa shape index (κ3) is 4.66. The van der Waals surface area contributed by atoms with Crippen LogP contribution >= 0.6 is 0 Å². The summed E-state index contributed by atoms with van der Waals surface area (Å²) < 4.78 is 10.9. The molecule has 0 spiro atoms. The first-order valence-corrected chi connectivity index (χ1v) is 6.47. The van der Waals surface area contributed by atoms with Crippen molar-refractivity contribution in [2.75, 3.05) is 6.61 Å². The molecular formula is C14H23NO3. The Labute approximate surface area is 109 Å². The van der Waals surface area contributed by atoms with Gasteiger partial charge >= 0.3 is 5.97 Å². The van der Waals surface area contributed by atoms with Crippen LogP contribution in [0.4, 0.5) is 0 Å². The molecule has 1 aliphatic rings. The maximum Gasteiger partial charge on any atom is 0.335 e. The van der Waals surface area contributed by atoms with Gasteiger partial charge in [0.25, 0.3) is 0 Å². The van der Waals surface area contributed by atoms with Gasteiger partial charge in [0.15, 0.2) is 6.10 Å². The molecule has 1 fully saturated rings. The van der Waals surface area contributed by atoms with Crippen LogP contribution in [-0.4, -0.2) is 24.3 Å². The second kappa shape index (κ2) is 5.71. The van der Waals surface area contributed by atoms with Gasteiger partial charge in [-0.2, -0.15) is 5.26 Å². The van der Waals surface area contributed by atoms with E-state index in [9.17, 15) is 4.79 Å². The molecule has 0 aromatic rings. The average Bonchev–Trinajstić information content (AvgIpc) is 2.25. The Kier molecular flexibility index (Phi) is 4.75. The summed E-state index contributed by atoms with van der Waals surface area (Å²) in [4.78, 5) is 11.8. The molecule has 0 N–H and O–H groups in total. The molecule has 1 saturated heterocycles. The molecule has 1 rings (SSSR count). The minimum atomic E-state index is -0.470. The summed E-state index contributed by atoms with van der Waals surface area (Å²) in [6, 6.07) is 2.16. The van der Waals surface area contributed by atoms with Crippen molar-refractivity contribution >= 4 is 5.97 Å². The van der Waals surface area contributed by atoms with Gasteiger partial charge < -0.3 is 9.47 Å². The maximum atomic E-state index is 11.8. The number of esters is 1. The van der Waals surface area contributed by atoms with Crippen LogP contribution in [0.1, 0.15) is 53.4 Å². The first-order chi connectivity index (χ1) is 8.26. The molecule has 2 atom stereocenters. The summed E-state index contributed by atoms with van der Waals surface area (Å²) in [5.74, 6) is -0.273. The van der Waals surface area contributed by atoms with Crippen LogP contribution in [0, 0.1) is 16.7 Å². The smallest absolute Gasteiger partial charge is 0.335 e. The molecule has 0 amide bonds. The monoisotopic (exact) mass is 253 g/mol. The fraction of sp³-hybridized carbons (Fsp3) is 0.857. The molecule has 0 aliphatic carbocycles. The number of hydrogen-bond donors (Lipinski definition) is 0. The van der Waals surface area contributed by atoms with E-state index in [1.165, 1.54) is 0 Å². The zero-order valence-electron chi connectivity index (χ0n) is 11.8. The van der Waals surface area contributed by atoms with Crippen LogP contribution in [0.3, 0.4) is 0 Å². The quantitative estimate of drug-likeness (QED) is 0.726. The van der Waals surface area contributed by atoms with Crippen molar-refractivity contribution < 1.29 is 14.3 Å². The SMILES string of the molecule is CC(C)(C)OC(=O)[C@@H]1CC[C@](C)(CCC#N)CO1. The number of nitrogens with zero attached hydrogens (tertiary/aromatic N) is 1. The van der Waals surface area contributed by atoms with Gasteiger partial charge in [-0.1, -0.05) is 6.92 Å². The number of ether oxygens (including phenoxy) is 2. The van der Waals surface area contributed by atoms with Crippen LogP contribution < -0.4 is 0 Å². The molecule has 18 heavy (non-hydrogen) atoms. The van der Waals surface area contributed by atoms with Crippen LogP contribution in [0.15, 0.2) is 0 Å². The summed E-state index contributed by atoms with van der Waals surface area (Å²) in [5.41, 5.74) is -0.448. The first kappa shape index (κ1) is 15.0. The summed E-state index contributed by atoms with van der Waals surface area (Å²) in [5, 5.41) is 8.61. The van der Waals surface area contributed by atoms with Crippen molar-refractivity contribution in [3.05, 3.63) is 0 Å². The van der Waals surface area contributed by atoms with Gasteiger partial charge in [0.05, 0.1) is 12.7 Å². The highest BCUT2D eigenvalue weighted by Gasteiger charge is 2.36. The van der Waals surface area contributed by atoms with Gasteiger partial charge in [-0.3, -0.25) is 0 Å². The van der Waals surface area contributed by atoms with Gasteiger partial charge in [-0.15, -0.1) is 0 Å². The molecule has 1 aliphatic heterocycles. The minimum absolute atomic E-state index is 0.0221. The van der Waals surface area contributed by atoms with E-state index in [4.69, 9.17) is 14.7 Å². The van der Waals surface area contributed by atoms with Gasteiger partial charge in [-0.25, -0.2) is 4.79 Å². The summed E-state index contributed by atoms with van der Waals surface area (Å²) in [6.45, 7) is 8.19. The number of carbonyl (C=O) groups excluding carboxylic acids is 1. The van der Waals surface area contributed by atoms with Crippen molar-refractivity contribution in [1.29, 1.82) is 5.26 Å². The second-order valence-electron chi connectivity index (χ2n) is 6.34. The highest BCUT2D eigenvalue weighted by Crippen LogP contribution is 2.35. The lowest BCUT2D eigenvalue weighted by atomic mass is 9.79. The molecule has 102 valence electrons. The molecule has 0 unspecified atom stereocenters. The molecule has 0 aromatic heterocycles. The Morgan fingerprint density at radius 3 is 2.67 bits per heavy atom. The van der Waals surface area contributed by atoms with E-state index >= 15 is 0 Å². The topological polar surface area (TPSA) is 59.3 Å². The van der Waals surface area contributed by atoms with Crippen molar-refractivity contribution in [2.45, 2.75) is 65.1 Å².